The van der Waals surface area contributed by atoms with Crippen molar-refractivity contribution in [3.63, 3.8) is 0 Å². The molecule has 0 aromatic carbocycles. The van der Waals surface area contributed by atoms with Crippen LogP contribution in [0.4, 0.5) is 0 Å². The summed E-state index contributed by atoms with van der Waals surface area (Å²) in [7, 11) is 0. The summed E-state index contributed by atoms with van der Waals surface area (Å²) in [6.07, 6.45) is 0.128. The van der Waals surface area contributed by atoms with Crippen LogP contribution in [0.15, 0.2) is 0 Å². The van der Waals surface area contributed by atoms with Crippen LogP contribution >= 0.6 is 12.6 Å². The van der Waals surface area contributed by atoms with E-state index < -0.39 is 11.9 Å². The standard InChI is InChI=1S/C6H13N3O3S/c7-9-6(12)4(1-2-10)8-5(11)3-13/h4,10,13H,1-3,7H2,(H,8,11)(H,9,12). The molecule has 0 saturated heterocycles. The van der Waals surface area contributed by atoms with Crippen molar-refractivity contribution >= 4 is 24.4 Å². The molecule has 0 radical (unpaired) electrons. The highest BCUT2D eigenvalue weighted by Crippen LogP contribution is 1.91. The Morgan fingerprint density at radius 3 is 2.54 bits per heavy atom. The maximum absolute atomic E-state index is 11.0. The average molecular weight is 207 g/mol. The fourth-order valence-electron chi connectivity index (χ4n) is 0.738. The van der Waals surface area contributed by atoms with Crippen molar-refractivity contribution in [1.29, 1.82) is 0 Å². The Labute approximate surface area is 81.2 Å². The minimum Gasteiger partial charge on any atom is -0.396 e. The van der Waals surface area contributed by atoms with Gasteiger partial charge < -0.3 is 10.4 Å². The molecule has 5 N–H and O–H groups in total. The molecule has 0 bridgehead atoms. The Kier molecular flexibility index (Phi) is 6.29. The molecule has 13 heavy (non-hydrogen) atoms. The molecule has 0 aromatic heterocycles. The number of aliphatic hydroxyl groups excluding tert-OH is 1. The quantitative estimate of drug-likeness (QED) is 0.152. The fourth-order valence-corrected chi connectivity index (χ4v) is 0.830. The van der Waals surface area contributed by atoms with Gasteiger partial charge in [0.05, 0.1) is 5.75 Å². The monoisotopic (exact) mass is 207 g/mol. The first-order valence-corrected chi connectivity index (χ1v) is 4.30. The third-order valence-corrected chi connectivity index (χ3v) is 1.64. The lowest BCUT2D eigenvalue weighted by atomic mass is 10.2. The Morgan fingerprint density at radius 2 is 2.15 bits per heavy atom. The Morgan fingerprint density at radius 1 is 1.54 bits per heavy atom. The highest BCUT2D eigenvalue weighted by atomic mass is 32.1. The van der Waals surface area contributed by atoms with E-state index >= 15 is 0 Å². The predicted molar refractivity (Wildman–Crippen MR) is 49.8 cm³/mol. The molecular formula is C6H13N3O3S. The number of rotatable bonds is 5. The second kappa shape index (κ2) is 6.70. The van der Waals surface area contributed by atoms with Crippen molar-refractivity contribution in [2.24, 2.45) is 5.84 Å². The topological polar surface area (TPSA) is 104 Å². The molecule has 0 spiro atoms. The van der Waals surface area contributed by atoms with Crippen molar-refractivity contribution in [2.45, 2.75) is 12.5 Å². The molecular weight excluding hydrogens is 194 g/mol. The highest BCUT2D eigenvalue weighted by molar-refractivity contribution is 7.81. The summed E-state index contributed by atoms with van der Waals surface area (Å²) in [4.78, 5) is 21.8. The van der Waals surface area contributed by atoms with Crippen LogP contribution < -0.4 is 16.6 Å². The van der Waals surface area contributed by atoms with E-state index in [1.165, 1.54) is 0 Å². The van der Waals surface area contributed by atoms with E-state index in [1.54, 1.807) is 0 Å². The Bertz CT molecular complexity index is 188. The lowest BCUT2D eigenvalue weighted by Crippen LogP contribution is -2.49. The molecule has 1 unspecified atom stereocenters. The van der Waals surface area contributed by atoms with Gasteiger partial charge in [0.15, 0.2) is 0 Å². The molecule has 7 heteroatoms. The van der Waals surface area contributed by atoms with Crippen LogP contribution in [0.5, 0.6) is 0 Å². The molecule has 0 heterocycles. The molecule has 0 aromatic rings. The minimum atomic E-state index is -0.797. The van der Waals surface area contributed by atoms with Gasteiger partial charge in [-0.1, -0.05) is 0 Å². The van der Waals surface area contributed by atoms with Crippen molar-refractivity contribution in [3.05, 3.63) is 0 Å². The zero-order valence-electron chi connectivity index (χ0n) is 6.99. The minimum absolute atomic E-state index is 0.0141. The molecule has 2 amide bonds. The maximum atomic E-state index is 11.0. The van der Waals surface area contributed by atoms with E-state index in [2.05, 4.69) is 17.9 Å². The van der Waals surface area contributed by atoms with E-state index in [1.807, 2.05) is 5.43 Å². The van der Waals surface area contributed by atoms with Crippen LogP contribution in [-0.2, 0) is 9.59 Å². The van der Waals surface area contributed by atoms with Gasteiger partial charge in [-0.15, -0.1) is 0 Å². The third-order valence-electron chi connectivity index (χ3n) is 1.36. The van der Waals surface area contributed by atoms with E-state index in [-0.39, 0.29) is 24.7 Å². The van der Waals surface area contributed by atoms with Crippen molar-refractivity contribution < 1.29 is 14.7 Å². The molecule has 0 rings (SSSR count). The summed E-state index contributed by atoms with van der Waals surface area (Å²) in [6, 6.07) is -0.797. The first-order chi connectivity index (χ1) is 6.15. The molecule has 0 fully saturated rings. The number of amides is 2. The Hall–Kier alpha value is -0.790. The summed E-state index contributed by atoms with van der Waals surface area (Å²) in [6.45, 7) is -0.203. The van der Waals surface area contributed by atoms with Gasteiger partial charge in [-0.3, -0.25) is 15.0 Å². The summed E-state index contributed by atoms with van der Waals surface area (Å²) in [5, 5.41) is 10.9. The molecule has 0 aliphatic heterocycles. The second-order valence-corrected chi connectivity index (χ2v) is 2.62. The van der Waals surface area contributed by atoms with Crippen LogP contribution in [0.1, 0.15) is 6.42 Å². The van der Waals surface area contributed by atoms with Crippen LogP contribution in [0.3, 0.4) is 0 Å². The maximum Gasteiger partial charge on any atom is 0.256 e. The Balaban J connectivity index is 4.08. The van der Waals surface area contributed by atoms with Crippen LogP contribution in [0, 0.1) is 0 Å². The predicted octanol–water partition coefficient (Wildman–Crippen LogP) is -2.23. The zero-order valence-corrected chi connectivity index (χ0v) is 7.88. The highest BCUT2D eigenvalue weighted by Gasteiger charge is 2.18. The third kappa shape index (κ3) is 4.71. The fraction of sp³-hybridized carbons (Fsp3) is 0.667. The number of thiol groups is 1. The normalized spacial score (nSPS) is 11.9. The number of hydrazine groups is 1. The van der Waals surface area contributed by atoms with Gasteiger partial charge in [0.1, 0.15) is 6.04 Å². The van der Waals surface area contributed by atoms with Gasteiger partial charge in [-0.25, -0.2) is 5.84 Å². The first kappa shape index (κ1) is 12.2. The summed E-state index contributed by atoms with van der Waals surface area (Å²) in [5.41, 5.74) is 1.89. The number of hydrogen-bond acceptors (Lipinski definition) is 5. The van der Waals surface area contributed by atoms with E-state index in [4.69, 9.17) is 10.9 Å². The lowest BCUT2D eigenvalue weighted by Gasteiger charge is -2.14. The number of hydrogen-bond donors (Lipinski definition) is 5. The molecule has 0 saturated carbocycles. The number of nitrogens with two attached hydrogens (primary N) is 1. The van der Waals surface area contributed by atoms with Crippen molar-refractivity contribution in [1.82, 2.24) is 10.7 Å². The number of nitrogens with one attached hydrogen (secondary N) is 2. The van der Waals surface area contributed by atoms with Crippen LogP contribution in [0.25, 0.3) is 0 Å². The second-order valence-electron chi connectivity index (χ2n) is 2.30. The summed E-state index contributed by atoms with van der Waals surface area (Å²) in [5.74, 6) is 3.93. The van der Waals surface area contributed by atoms with E-state index in [9.17, 15) is 9.59 Å². The van der Waals surface area contributed by atoms with Crippen LogP contribution in [0.2, 0.25) is 0 Å². The van der Waals surface area contributed by atoms with Crippen molar-refractivity contribution in [3.8, 4) is 0 Å². The zero-order chi connectivity index (χ0) is 10.3. The molecule has 0 aliphatic rings. The first-order valence-electron chi connectivity index (χ1n) is 3.67. The lowest BCUT2D eigenvalue weighted by molar-refractivity contribution is -0.128. The molecule has 6 nitrogen and oxygen atoms in total. The molecule has 1 atom stereocenters. The number of aliphatic hydroxyl groups is 1. The van der Waals surface area contributed by atoms with E-state index in [0.717, 1.165) is 0 Å². The van der Waals surface area contributed by atoms with E-state index in [0.29, 0.717) is 0 Å². The average Bonchev–Trinajstić information content (AvgIpc) is 2.15. The van der Waals surface area contributed by atoms with Gasteiger partial charge in [-0.2, -0.15) is 12.6 Å². The van der Waals surface area contributed by atoms with Gasteiger partial charge in [0.25, 0.3) is 5.91 Å². The SMILES string of the molecule is NNC(=O)C(CCO)NC(=O)CS. The van der Waals surface area contributed by atoms with Gasteiger partial charge in [0.2, 0.25) is 5.91 Å². The smallest absolute Gasteiger partial charge is 0.256 e. The van der Waals surface area contributed by atoms with Gasteiger partial charge in [0, 0.05) is 6.61 Å². The van der Waals surface area contributed by atoms with Gasteiger partial charge in [-0.05, 0) is 6.42 Å². The van der Waals surface area contributed by atoms with Crippen molar-refractivity contribution in [2.75, 3.05) is 12.4 Å². The van der Waals surface area contributed by atoms with Crippen LogP contribution in [-0.4, -0.2) is 35.3 Å². The number of carbonyl (C=O) groups is 2. The summed E-state index contributed by atoms with van der Waals surface area (Å²) < 4.78 is 0. The summed E-state index contributed by atoms with van der Waals surface area (Å²) >= 11 is 3.72. The molecule has 0 aliphatic carbocycles. The largest absolute Gasteiger partial charge is 0.396 e. The molecule has 76 valence electrons. The van der Waals surface area contributed by atoms with Gasteiger partial charge >= 0.3 is 0 Å². The number of carbonyl (C=O) groups excluding carboxylic acids is 2.